The van der Waals surface area contributed by atoms with Crippen molar-refractivity contribution < 1.29 is 22.6 Å². The molecule has 2 aromatic carbocycles. The summed E-state index contributed by atoms with van der Waals surface area (Å²) in [5.74, 6) is 1.28. The van der Waals surface area contributed by atoms with Gasteiger partial charge in [-0.3, -0.25) is 0 Å². The van der Waals surface area contributed by atoms with Crippen molar-refractivity contribution in [3.05, 3.63) is 54.1 Å². The van der Waals surface area contributed by atoms with E-state index in [2.05, 4.69) is 0 Å². The molecule has 2 heterocycles. The van der Waals surface area contributed by atoms with Crippen LogP contribution in [0.4, 0.5) is 0 Å². The molecule has 1 unspecified atom stereocenters. The number of piperidine rings is 1. The molecule has 0 N–H and O–H groups in total. The zero-order valence-electron chi connectivity index (χ0n) is 15.7. The highest BCUT2D eigenvalue weighted by Gasteiger charge is 2.31. The van der Waals surface area contributed by atoms with E-state index in [-0.39, 0.29) is 10.8 Å². The van der Waals surface area contributed by atoms with Gasteiger partial charge in [-0.25, -0.2) is 8.42 Å². The first-order valence-electron chi connectivity index (χ1n) is 9.64. The van der Waals surface area contributed by atoms with Crippen LogP contribution in [0.2, 0.25) is 0 Å². The van der Waals surface area contributed by atoms with Gasteiger partial charge in [-0.05, 0) is 36.5 Å². The normalized spacial score (nSPS) is 20.1. The van der Waals surface area contributed by atoms with Crippen LogP contribution in [0.15, 0.2) is 53.4 Å². The lowest BCUT2D eigenvalue weighted by Crippen LogP contribution is -2.41. The Labute approximate surface area is 166 Å². The molecule has 1 fully saturated rings. The average molecular weight is 404 g/mol. The highest BCUT2D eigenvalue weighted by molar-refractivity contribution is 7.89. The quantitative estimate of drug-likeness (QED) is 0.742. The first kappa shape index (κ1) is 19.2. The van der Waals surface area contributed by atoms with Gasteiger partial charge < -0.3 is 14.2 Å². The molecule has 1 saturated heterocycles. The van der Waals surface area contributed by atoms with Gasteiger partial charge in [0, 0.05) is 19.2 Å². The second-order valence-electron chi connectivity index (χ2n) is 7.18. The van der Waals surface area contributed by atoms with E-state index in [4.69, 9.17) is 14.2 Å². The van der Waals surface area contributed by atoms with Gasteiger partial charge in [0.15, 0.2) is 11.5 Å². The van der Waals surface area contributed by atoms with Gasteiger partial charge in [0.05, 0.1) is 18.1 Å². The smallest absolute Gasteiger partial charge is 0.243 e. The summed E-state index contributed by atoms with van der Waals surface area (Å²) in [5.41, 5.74) is 1.12. The van der Waals surface area contributed by atoms with Gasteiger partial charge >= 0.3 is 0 Å². The minimum Gasteiger partial charge on any atom is -0.486 e. The molecule has 2 aliphatic heterocycles. The second kappa shape index (κ2) is 8.51. The van der Waals surface area contributed by atoms with Crippen LogP contribution >= 0.6 is 0 Å². The Morgan fingerprint density at radius 2 is 1.82 bits per heavy atom. The monoisotopic (exact) mass is 403 g/mol. The maximum atomic E-state index is 13.1. The molecule has 2 aromatic rings. The number of benzene rings is 2. The molecule has 4 rings (SSSR count). The first-order valence-corrected chi connectivity index (χ1v) is 11.1. The van der Waals surface area contributed by atoms with Crippen LogP contribution in [0.1, 0.15) is 18.4 Å². The van der Waals surface area contributed by atoms with Crippen molar-refractivity contribution in [2.24, 2.45) is 5.92 Å². The third-order valence-electron chi connectivity index (χ3n) is 5.10. The van der Waals surface area contributed by atoms with Crippen molar-refractivity contribution in [1.29, 1.82) is 0 Å². The topological polar surface area (TPSA) is 65.1 Å². The number of nitrogens with zero attached hydrogens (tertiary/aromatic N) is 1. The van der Waals surface area contributed by atoms with Crippen molar-refractivity contribution in [2.75, 3.05) is 32.9 Å². The fourth-order valence-electron chi connectivity index (χ4n) is 3.63. The Balaban J connectivity index is 1.39. The lowest BCUT2D eigenvalue weighted by atomic mass is 10.0. The SMILES string of the molecule is O=S(=O)(c1ccc2c(c1)OCCO2)N1CCCC(COCc2ccccc2)C1. The van der Waals surface area contributed by atoms with E-state index in [1.165, 1.54) is 0 Å². The summed E-state index contributed by atoms with van der Waals surface area (Å²) in [6, 6.07) is 14.8. The zero-order chi connectivity index (χ0) is 19.4. The molecule has 1 atom stereocenters. The molecule has 0 aromatic heterocycles. The molecule has 150 valence electrons. The first-order chi connectivity index (χ1) is 13.6. The average Bonchev–Trinajstić information content (AvgIpc) is 2.74. The van der Waals surface area contributed by atoms with Crippen molar-refractivity contribution in [3.63, 3.8) is 0 Å². The zero-order valence-corrected chi connectivity index (χ0v) is 16.6. The predicted molar refractivity (Wildman–Crippen MR) is 105 cm³/mol. The van der Waals surface area contributed by atoms with Crippen molar-refractivity contribution in [1.82, 2.24) is 4.31 Å². The minimum absolute atomic E-state index is 0.199. The highest BCUT2D eigenvalue weighted by Crippen LogP contribution is 2.34. The molecule has 0 aliphatic carbocycles. The second-order valence-corrected chi connectivity index (χ2v) is 9.12. The summed E-state index contributed by atoms with van der Waals surface area (Å²) >= 11 is 0. The van der Waals surface area contributed by atoms with E-state index in [0.29, 0.717) is 51.0 Å². The summed E-state index contributed by atoms with van der Waals surface area (Å²) < 4.78 is 44.6. The third kappa shape index (κ3) is 4.32. The van der Waals surface area contributed by atoms with Gasteiger partial charge in [-0.1, -0.05) is 30.3 Å². The fourth-order valence-corrected chi connectivity index (χ4v) is 5.20. The highest BCUT2D eigenvalue weighted by atomic mass is 32.2. The van der Waals surface area contributed by atoms with Crippen LogP contribution in [0, 0.1) is 5.92 Å². The molecule has 0 bridgehead atoms. The Hall–Kier alpha value is -2.09. The van der Waals surface area contributed by atoms with E-state index in [1.807, 2.05) is 30.3 Å². The summed E-state index contributed by atoms with van der Waals surface area (Å²) in [6.07, 6.45) is 1.81. The van der Waals surface area contributed by atoms with Crippen LogP contribution in [-0.2, 0) is 21.4 Å². The Kier molecular flexibility index (Phi) is 5.85. The van der Waals surface area contributed by atoms with Crippen LogP contribution in [0.5, 0.6) is 11.5 Å². The summed E-state index contributed by atoms with van der Waals surface area (Å²) in [4.78, 5) is 0.252. The Bertz CT molecular complexity index is 900. The van der Waals surface area contributed by atoms with Gasteiger partial charge in [0.2, 0.25) is 10.0 Å². The molecule has 28 heavy (non-hydrogen) atoms. The summed E-state index contributed by atoms with van der Waals surface area (Å²) in [7, 11) is -3.56. The molecule has 0 radical (unpaired) electrons. The molecule has 0 saturated carbocycles. The minimum atomic E-state index is -3.56. The van der Waals surface area contributed by atoms with Crippen molar-refractivity contribution >= 4 is 10.0 Å². The van der Waals surface area contributed by atoms with Crippen LogP contribution in [-0.4, -0.2) is 45.6 Å². The van der Waals surface area contributed by atoms with E-state index in [1.54, 1.807) is 22.5 Å². The summed E-state index contributed by atoms with van der Waals surface area (Å²) in [5, 5.41) is 0. The number of hydrogen-bond acceptors (Lipinski definition) is 5. The van der Waals surface area contributed by atoms with E-state index in [9.17, 15) is 8.42 Å². The molecule has 0 amide bonds. The van der Waals surface area contributed by atoms with E-state index < -0.39 is 10.0 Å². The molecular weight excluding hydrogens is 378 g/mol. The van der Waals surface area contributed by atoms with Gasteiger partial charge in [-0.2, -0.15) is 4.31 Å². The Morgan fingerprint density at radius 3 is 2.64 bits per heavy atom. The number of rotatable bonds is 6. The largest absolute Gasteiger partial charge is 0.486 e. The fraction of sp³-hybridized carbons (Fsp3) is 0.429. The molecule has 7 heteroatoms. The predicted octanol–water partition coefficient (Wildman–Crippen LogP) is 3.08. The maximum Gasteiger partial charge on any atom is 0.243 e. The van der Waals surface area contributed by atoms with Crippen molar-refractivity contribution in [2.45, 2.75) is 24.3 Å². The van der Waals surface area contributed by atoms with Crippen LogP contribution < -0.4 is 9.47 Å². The summed E-state index contributed by atoms with van der Waals surface area (Å²) in [6.45, 7) is 3.03. The molecular formula is C21H25NO5S. The lowest BCUT2D eigenvalue weighted by molar-refractivity contribution is 0.0672. The molecule has 6 nitrogen and oxygen atoms in total. The van der Waals surface area contributed by atoms with Crippen LogP contribution in [0.3, 0.4) is 0 Å². The van der Waals surface area contributed by atoms with Gasteiger partial charge in [-0.15, -0.1) is 0 Å². The van der Waals surface area contributed by atoms with E-state index >= 15 is 0 Å². The number of ether oxygens (including phenoxy) is 3. The number of hydrogen-bond donors (Lipinski definition) is 0. The number of fused-ring (bicyclic) bond motifs is 1. The maximum absolute atomic E-state index is 13.1. The van der Waals surface area contributed by atoms with Gasteiger partial charge in [0.25, 0.3) is 0 Å². The van der Waals surface area contributed by atoms with E-state index in [0.717, 1.165) is 18.4 Å². The number of sulfonamides is 1. The standard InChI is InChI=1S/C21H25NO5S/c23-28(24,19-8-9-20-21(13-19)27-12-11-26-20)22-10-4-7-18(14-22)16-25-15-17-5-2-1-3-6-17/h1-3,5-6,8-9,13,18H,4,7,10-12,14-16H2. The van der Waals surface area contributed by atoms with Gasteiger partial charge in [0.1, 0.15) is 13.2 Å². The third-order valence-corrected chi connectivity index (χ3v) is 6.96. The lowest BCUT2D eigenvalue weighted by Gasteiger charge is -2.32. The van der Waals surface area contributed by atoms with Crippen molar-refractivity contribution in [3.8, 4) is 11.5 Å². The molecule has 2 aliphatic rings. The van der Waals surface area contributed by atoms with Crippen LogP contribution in [0.25, 0.3) is 0 Å². The Morgan fingerprint density at radius 1 is 1.04 bits per heavy atom. The molecule has 0 spiro atoms.